The molecule has 0 saturated heterocycles. The van der Waals surface area contributed by atoms with Gasteiger partial charge >= 0.3 is 0 Å². The molecule has 10 nitrogen and oxygen atoms in total. The monoisotopic (exact) mass is 504 g/mol. The quantitative estimate of drug-likeness (QED) is 0.370. The van der Waals surface area contributed by atoms with E-state index in [0.29, 0.717) is 36.9 Å². The Morgan fingerprint density at radius 2 is 1.06 bits per heavy atom. The van der Waals surface area contributed by atoms with Crippen LogP contribution in [0.3, 0.4) is 0 Å². The minimum Gasteiger partial charge on any atom is -0.350 e. The highest BCUT2D eigenvalue weighted by Gasteiger charge is 2.11. The maximum absolute atomic E-state index is 6.11. The summed E-state index contributed by atoms with van der Waals surface area (Å²) in [6.45, 7) is 12.4. The van der Waals surface area contributed by atoms with Gasteiger partial charge in [0.2, 0.25) is 34.4 Å². The van der Waals surface area contributed by atoms with Gasteiger partial charge in [0.05, 0.1) is 0 Å². The average Bonchev–Trinajstić information content (AvgIpc) is 2.83. The summed E-state index contributed by atoms with van der Waals surface area (Å²) >= 11 is 12.2. The van der Waals surface area contributed by atoms with Gasteiger partial charge in [0, 0.05) is 39.3 Å². The maximum atomic E-state index is 6.11. The number of hydrogen-bond acceptors (Lipinski definition) is 10. The number of benzene rings is 1. The van der Waals surface area contributed by atoms with E-state index in [1.54, 1.807) is 0 Å². The molecule has 34 heavy (non-hydrogen) atoms. The van der Waals surface area contributed by atoms with Crippen LogP contribution in [0.2, 0.25) is 10.6 Å². The van der Waals surface area contributed by atoms with E-state index >= 15 is 0 Å². The van der Waals surface area contributed by atoms with Crippen LogP contribution in [0, 0.1) is 0 Å². The first-order valence-corrected chi connectivity index (χ1v) is 12.1. The van der Waals surface area contributed by atoms with Gasteiger partial charge in [-0.05, 0) is 62.0 Å². The standard InChI is InChI=1S/C22H30Cl2N10/c1-5-33(6-2)21-29-17(23)27-19(31-21)25-13-15-10-9-11-16(12-15)14-26-20-28-18(24)30-22(32-20)34(7-3)8-4/h9-12H,5-8,13-14H2,1-4H3,(H,25,27,29,31)(H,26,28,30,32). The molecule has 2 N–H and O–H groups in total. The highest BCUT2D eigenvalue weighted by molar-refractivity contribution is 6.28. The molecule has 0 aliphatic rings. The van der Waals surface area contributed by atoms with Gasteiger partial charge in [-0.1, -0.05) is 24.3 Å². The Bertz CT molecular complexity index is 993. The van der Waals surface area contributed by atoms with E-state index in [1.165, 1.54) is 0 Å². The van der Waals surface area contributed by atoms with Gasteiger partial charge in [0.15, 0.2) is 0 Å². The smallest absolute Gasteiger partial charge is 0.231 e. The Morgan fingerprint density at radius 1 is 0.647 bits per heavy atom. The van der Waals surface area contributed by atoms with Crippen LogP contribution in [-0.2, 0) is 13.1 Å². The fraction of sp³-hybridized carbons (Fsp3) is 0.455. The lowest BCUT2D eigenvalue weighted by molar-refractivity contribution is 0.811. The lowest BCUT2D eigenvalue weighted by Crippen LogP contribution is -2.25. The Kier molecular flexibility index (Phi) is 9.41. The molecular formula is C22H30Cl2N10. The molecule has 12 heteroatoms. The third-order valence-corrected chi connectivity index (χ3v) is 5.52. The van der Waals surface area contributed by atoms with E-state index in [2.05, 4.69) is 46.6 Å². The van der Waals surface area contributed by atoms with E-state index in [4.69, 9.17) is 23.2 Å². The maximum Gasteiger partial charge on any atom is 0.231 e. The molecule has 0 atom stereocenters. The van der Waals surface area contributed by atoms with Crippen molar-refractivity contribution in [3.8, 4) is 0 Å². The minimum atomic E-state index is 0.164. The topological polar surface area (TPSA) is 108 Å². The molecule has 0 spiro atoms. The minimum absolute atomic E-state index is 0.164. The van der Waals surface area contributed by atoms with Crippen LogP contribution in [0.5, 0.6) is 0 Å². The lowest BCUT2D eigenvalue weighted by atomic mass is 10.1. The second-order valence-electron chi connectivity index (χ2n) is 7.33. The van der Waals surface area contributed by atoms with Crippen molar-refractivity contribution >= 4 is 47.0 Å². The molecular weight excluding hydrogens is 475 g/mol. The van der Waals surface area contributed by atoms with Gasteiger partial charge < -0.3 is 20.4 Å². The van der Waals surface area contributed by atoms with Crippen molar-refractivity contribution in [2.45, 2.75) is 40.8 Å². The SMILES string of the molecule is CCN(CC)c1nc(Cl)nc(NCc2cccc(CNc3nc(Cl)nc(N(CC)CC)n3)c2)n1. The van der Waals surface area contributed by atoms with Crippen molar-refractivity contribution in [3.63, 3.8) is 0 Å². The number of rotatable bonds is 12. The first-order valence-electron chi connectivity index (χ1n) is 11.3. The molecule has 2 heterocycles. The number of nitrogens with one attached hydrogen (secondary N) is 2. The van der Waals surface area contributed by atoms with E-state index < -0.39 is 0 Å². The number of nitrogens with zero attached hydrogens (tertiary/aromatic N) is 8. The molecule has 3 aromatic rings. The Balaban J connectivity index is 1.65. The summed E-state index contributed by atoms with van der Waals surface area (Å²) in [7, 11) is 0. The predicted octanol–water partition coefficient (Wildman–Crippen LogP) is 4.28. The summed E-state index contributed by atoms with van der Waals surface area (Å²) in [5.74, 6) is 2.00. The van der Waals surface area contributed by atoms with E-state index in [1.807, 2.05) is 55.7 Å². The van der Waals surface area contributed by atoms with Crippen LogP contribution in [0.4, 0.5) is 23.8 Å². The second kappa shape index (κ2) is 12.5. The molecule has 0 aliphatic carbocycles. The van der Waals surface area contributed by atoms with Crippen molar-refractivity contribution in [1.29, 1.82) is 0 Å². The third kappa shape index (κ3) is 7.01. The van der Waals surface area contributed by atoms with Gasteiger partial charge in [-0.15, -0.1) is 0 Å². The highest BCUT2D eigenvalue weighted by atomic mass is 35.5. The molecule has 1 aromatic carbocycles. The van der Waals surface area contributed by atoms with E-state index in [0.717, 1.165) is 37.3 Å². The summed E-state index contributed by atoms with van der Waals surface area (Å²) in [5.41, 5.74) is 2.13. The van der Waals surface area contributed by atoms with Gasteiger partial charge in [0.25, 0.3) is 0 Å². The lowest BCUT2D eigenvalue weighted by Gasteiger charge is -2.19. The molecule has 182 valence electrons. The first kappa shape index (κ1) is 25.6. The normalized spacial score (nSPS) is 10.8. The fourth-order valence-corrected chi connectivity index (χ4v) is 3.66. The highest BCUT2D eigenvalue weighted by Crippen LogP contribution is 2.16. The van der Waals surface area contributed by atoms with E-state index in [9.17, 15) is 0 Å². The van der Waals surface area contributed by atoms with E-state index in [-0.39, 0.29) is 10.6 Å². The van der Waals surface area contributed by atoms with Crippen LogP contribution in [0.1, 0.15) is 38.8 Å². The van der Waals surface area contributed by atoms with Crippen molar-refractivity contribution in [2.24, 2.45) is 0 Å². The van der Waals surface area contributed by atoms with Crippen molar-refractivity contribution in [2.75, 3.05) is 46.6 Å². The Morgan fingerprint density at radius 3 is 1.44 bits per heavy atom. The largest absolute Gasteiger partial charge is 0.350 e. The molecule has 0 radical (unpaired) electrons. The third-order valence-electron chi connectivity index (χ3n) is 5.18. The zero-order chi connectivity index (χ0) is 24.5. The Hall–Kier alpha value is -2.98. The number of aromatic nitrogens is 6. The molecule has 0 amide bonds. The summed E-state index contributed by atoms with van der Waals surface area (Å²) in [5, 5.41) is 6.80. The molecule has 2 aromatic heterocycles. The average molecular weight is 505 g/mol. The predicted molar refractivity (Wildman–Crippen MR) is 138 cm³/mol. The van der Waals surface area contributed by atoms with Crippen LogP contribution in [0.25, 0.3) is 0 Å². The summed E-state index contributed by atoms with van der Waals surface area (Å²) in [6, 6.07) is 8.14. The van der Waals surface area contributed by atoms with Crippen LogP contribution in [0.15, 0.2) is 24.3 Å². The van der Waals surface area contributed by atoms with Gasteiger partial charge in [-0.2, -0.15) is 29.9 Å². The summed E-state index contributed by atoms with van der Waals surface area (Å²) < 4.78 is 0. The number of hydrogen-bond donors (Lipinski definition) is 2. The van der Waals surface area contributed by atoms with Crippen LogP contribution < -0.4 is 20.4 Å². The van der Waals surface area contributed by atoms with Gasteiger partial charge in [0.1, 0.15) is 0 Å². The van der Waals surface area contributed by atoms with Crippen LogP contribution >= 0.6 is 23.2 Å². The number of anilines is 4. The van der Waals surface area contributed by atoms with Gasteiger partial charge in [-0.25, -0.2) is 0 Å². The summed E-state index contributed by atoms with van der Waals surface area (Å²) in [4.78, 5) is 29.9. The molecule has 0 bridgehead atoms. The van der Waals surface area contributed by atoms with Crippen molar-refractivity contribution < 1.29 is 0 Å². The first-order chi connectivity index (χ1) is 16.4. The molecule has 0 unspecified atom stereocenters. The van der Waals surface area contributed by atoms with Crippen molar-refractivity contribution in [3.05, 3.63) is 46.0 Å². The zero-order valence-electron chi connectivity index (χ0n) is 19.9. The molecule has 0 fully saturated rings. The molecule has 0 aliphatic heterocycles. The van der Waals surface area contributed by atoms with Crippen molar-refractivity contribution in [1.82, 2.24) is 29.9 Å². The second-order valence-corrected chi connectivity index (χ2v) is 8.00. The fourth-order valence-electron chi connectivity index (χ4n) is 3.34. The zero-order valence-corrected chi connectivity index (χ0v) is 21.4. The Labute approximate surface area is 210 Å². The molecule has 3 rings (SSSR count). The van der Waals surface area contributed by atoms with Crippen LogP contribution in [-0.4, -0.2) is 56.1 Å². The molecule has 0 saturated carbocycles. The number of halogens is 2. The summed E-state index contributed by atoms with van der Waals surface area (Å²) in [6.07, 6.45) is 0. The van der Waals surface area contributed by atoms with Gasteiger partial charge in [-0.3, -0.25) is 0 Å².